The second-order valence-electron chi connectivity index (χ2n) is 6.94. The normalized spacial score (nSPS) is 18.5. The summed E-state index contributed by atoms with van der Waals surface area (Å²) in [7, 11) is 0. The van der Waals surface area contributed by atoms with Gasteiger partial charge in [-0.3, -0.25) is 0 Å². The second kappa shape index (κ2) is 11.0. The standard InChI is InChI=1S/C16H22ClNO3.C6H5F/c1-11(19)3-8-15-9-10-18(16(20)21-15)12(2)13-4-6-14(17)7-5-13;7-6-4-2-1-3-5-6/h4-7,11-12,15,19H,3,8-10H2,1-2H3;1-5H. The molecular weight excluding hydrogens is 381 g/mol. The second-order valence-corrected chi connectivity index (χ2v) is 7.37. The Morgan fingerprint density at radius 3 is 2.32 bits per heavy atom. The molecule has 152 valence electrons. The van der Waals surface area contributed by atoms with E-state index in [1.165, 1.54) is 12.1 Å². The van der Waals surface area contributed by atoms with Crippen LogP contribution in [0.3, 0.4) is 0 Å². The number of benzene rings is 2. The number of aliphatic hydroxyl groups excluding tert-OH is 1. The predicted molar refractivity (Wildman–Crippen MR) is 109 cm³/mol. The lowest BCUT2D eigenvalue weighted by molar-refractivity contribution is 0.00465. The minimum atomic E-state index is -0.352. The zero-order chi connectivity index (χ0) is 20.5. The Kier molecular flexibility index (Phi) is 8.74. The van der Waals surface area contributed by atoms with E-state index in [1.807, 2.05) is 31.2 Å². The quantitative estimate of drug-likeness (QED) is 0.701. The van der Waals surface area contributed by atoms with Crippen molar-refractivity contribution in [2.45, 2.75) is 51.4 Å². The van der Waals surface area contributed by atoms with Crippen molar-refractivity contribution in [3.8, 4) is 0 Å². The maximum Gasteiger partial charge on any atom is 0.410 e. The van der Waals surface area contributed by atoms with Gasteiger partial charge in [0, 0.05) is 18.0 Å². The summed E-state index contributed by atoms with van der Waals surface area (Å²) in [5, 5.41) is 9.98. The molecule has 1 N–H and O–H groups in total. The number of carbonyl (C=O) groups excluding carboxylic acids is 1. The first-order valence-electron chi connectivity index (χ1n) is 9.48. The third kappa shape index (κ3) is 7.13. The molecule has 6 heteroatoms. The Bertz CT molecular complexity index is 724. The van der Waals surface area contributed by atoms with Crippen molar-refractivity contribution >= 4 is 17.7 Å². The number of halogens is 2. The van der Waals surface area contributed by atoms with E-state index in [4.69, 9.17) is 16.3 Å². The summed E-state index contributed by atoms with van der Waals surface area (Å²) in [4.78, 5) is 13.9. The summed E-state index contributed by atoms with van der Waals surface area (Å²) < 4.78 is 17.4. The number of hydrogen-bond acceptors (Lipinski definition) is 3. The fraction of sp³-hybridized carbons (Fsp3) is 0.409. The first-order valence-corrected chi connectivity index (χ1v) is 9.86. The Morgan fingerprint density at radius 1 is 1.18 bits per heavy atom. The fourth-order valence-corrected chi connectivity index (χ4v) is 3.09. The number of hydrogen-bond donors (Lipinski definition) is 1. The molecule has 1 aliphatic rings. The maximum absolute atomic E-state index is 12.1. The van der Waals surface area contributed by atoms with Crippen molar-refractivity contribution in [3.63, 3.8) is 0 Å². The van der Waals surface area contributed by atoms with Crippen LogP contribution in [0.15, 0.2) is 54.6 Å². The molecule has 1 saturated heterocycles. The Hall–Kier alpha value is -2.11. The third-order valence-corrected chi connectivity index (χ3v) is 4.91. The van der Waals surface area contributed by atoms with E-state index in [0.717, 1.165) is 12.0 Å². The van der Waals surface area contributed by atoms with Gasteiger partial charge in [-0.05, 0) is 56.5 Å². The molecule has 3 rings (SSSR count). The minimum absolute atomic E-state index is 0.0347. The molecule has 0 aromatic heterocycles. The van der Waals surface area contributed by atoms with Crippen LogP contribution in [0.5, 0.6) is 0 Å². The predicted octanol–water partition coefficient (Wildman–Crippen LogP) is 5.60. The van der Waals surface area contributed by atoms with Gasteiger partial charge < -0.3 is 14.7 Å². The van der Waals surface area contributed by atoms with Crippen LogP contribution in [0.1, 0.15) is 44.7 Å². The molecule has 1 heterocycles. The molecule has 2 aromatic carbocycles. The van der Waals surface area contributed by atoms with Crippen molar-refractivity contribution in [2.75, 3.05) is 6.54 Å². The number of rotatable bonds is 5. The molecule has 0 spiro atoms. The van der Waals surface area contributed by atoms with Crippen LogP contribution in [0.2, 0.25) is 5.02 Å². The van der Waals surface area contributed by atoms with E-state index >= 15 is 0 Å². The van der Waals surface area contributed by atoms with Gasteiger partial charge in [-0.2, -0.15) is 0 Å². The number of nitrogens with zero attached hydrogens (tertiary/aromatic N) is 1. The summed E-state index contributed by atoms with van der Waals surface area (Å²) in [6, 6.07) is 15.4. The van der Waals surface area contributed by atoms with Crippen molar-refractivity contribution in [3.05, 3.63) is 71.0 Å². The lowest BCUT2D eigenvalue weighted by Gasteiger charge is -2.36. The van der Waals surface area contributed by atoms with Crippen LogP contribution in [0.25, 0.3) is 0 Å². The first-order chi connectivity index (χ1) is 13.4. The van der Waals surface area contributed by atoms with Crippen molar-refractivity contribution in [1.82, 2.24) is 4.90 Å². The Morgan fingerprint density at radius 2 is 1.82 bits per heavy atom. The van der Waals surface area contributed by atoms with Gasteiger partial charge in [0.1, 0.15) is 11.9 Å². The number of aliphatic hydroxyl groups is 1. The molecule has 0 aliphatic carbocycles. The van der Waals surface area contributed by atoms with Crippen LogP contribution >= 0.6 is 11.6 Å². The van der Waals surface area contributed by atoms with Gasteiger partial charge in [-0.1, -0.05) is 41.9 Å². The van der Waals surface area contributed by atoms with Gasteiger partial charge >= 0.3 is 6.09 Å². The molecular formula is C22H27ClFNO3. The van der Waals surface area contributed by atoms with Gasteiger partial charge in [0.25, 0.3) is 0 Å². The van der Waals surface area contributed by atoms with Gasteiger partial charge in [0.15, 0.2) is 0 Å². The lowest BCUT2D eigenvalue weighted by Crippen LogP contribution is -2.43. The molecule has 1 aliphatic heterocycles. The first kappa shape index (κ1) is 22.2. The van der Waals surface area contributed by atoms with Gasteiger partial charge in [-0.25, -0.2) is 9.18 Å². The lowest BCUT2D eigenvalue weighted by atomic mass is 10.0. The van der Waals surface area contributed by atoms with Crippen LogP contribution < -0.4 is 0 Å². The highest BCUT2D eigenvalue weighted by Gasteiger charge is 2.30. The molecule has 0 radical (unpaired) electrons. The van der Waals surface area contributed by atoms with Gasteiger partial charge in [0.05, 0.1) is 12.1 Å². The molecule has 3 unspecified atom stereocenters. The average molecular weight is 408 g/mol. The third-order valence-electron chi connectivity index (χ3n) is 4.65. The van der Waals surface area contributed by atoms with E-state index in [9.17, 15) is 14.3 Å². The highest BCUT2D eigenvalue weighted by Crippen LogP contribution is 2.27. The number of carbonyl (C=O) groups is 1. The molecule has 0 saturated carbocycles. The van der Waals surface area contributed by atoms with E-state index in [2.05, 4.69) is 0 Å². The van der Waals surface area contributed by atoms with Crippen LogP contribution in [-0.4, -0.2) is 34.9 Å². The number of cyclic esters (lactones) is 1. The summed E-state index contributed by atoms with van der Waals surface area (Å²) >= 11 is 5.88. The van der Waals surface area contributed by atoms with E-state index in [-0.39, 0.29) is 30.2 Å². The summed E-state index contributed by atoms with van der Waals surface area (Å²) in [5.74, 6) is -0.178. The molecule has 3 atom stereocenters. The van der Waals surface area contributed by atoms with E-state index < -0.39 is 0 Å². The zero-order valence-electron chi connectivity index (χ0n) is 16.2. The van der Waals surface area contributed by atoms with Crippen LogP contribution in [0, 0.1) is 5.82 Å². The molecule has 0 bridgehead atoms. The SMILES string of the molecule is CC(O)CCC1CCN(C(C)c2ccc(Cl)cc2)C(=O)O1.Fc1ccccc1. The van der Waals surface area contributed by atoms with Crippen molar-refractivity contribution in [2.24, 2.45) is 0 Å². The number of ether oxygens (including phenoxy) is 1. The smallest absolute Gasteiger partial charge is 0.410 e. The maximum atomic E-state index is 12.1. The topological polar surface area (TPSA) is 49.8 Å². The molecule has 1 fully saturated rings. The fourth-order valence-electron chi connectivity index (χ4n) is 2.96. The monoisotopic (exact) mass is 407 g/mol. The largest absolute Gasteiger partial charge is 0.446 e. The highest BCUT2D eigenvalue weighted by atomic mass is 35.5. The number of amides is 1. The summed E-state index contributed by atoms with van der Waals surface area (Å²) in [6.07, 6.45) is 1.46. The summed E-state index contributed by atoms with van der Waals surface area (Å²) in [5.41, 5.74) is 1.04. The molecule has 28 heavy (non-hydrogen) atoms. The van der Waals surface area contributed by atoms with E-state index in [0.29, 0.717) is 24.4 Å². The highest BCUT2D eigenvalue weighted by molar-refractivity contribution is 6.30. The van der Waals surface area contributed by atoms with Gasteiger partial charge in [0.2, 0.25) is 0 Å². The van der Waals surface area contributed by atoms with E-state index in [1.54, 1.807) is 30.0 Å². The molecule has 2 aromatic rings. The van der Waals surface area contributed by atoms with Crippen molar-refractivity contribution in [1.29, 1.82) is 0 Å². The minimum Gasteiger partial charge on any atom is -0.446 e. The average Bonchev–Trinajstić information content (AvgIpc) is 2.68. The molecule has 4 nitrogen and oxygen atoms in total. The molecule has 1 amide bonds. The Balaban J connectivity index is 0.000000336. The summed E-state index contributed by atoms with van der Waals surface area (Å²) in [6.45, 7) is 4.41. The van der Waals surface area contributed by atoms with Crippen LogP contribution in [-0.2, 0) is 4.74 Å². The van der Waals surface area contributed by atoms with Crippen molar-refractivity contribution < 1.29 is 19.0 Å². The Labute approximate surface area is 170 Å². The van der Waals surface area contributed by atoms with Gasteiger partial charge in [-0.15, -0.1) is 0 Å². The van der Waals surface area contributed by atoms with Crippen LogP contribution in [0.4, 0.5) is 9.18 Å². The zero-order valence-corrected chi connectivity index (χ0v) is 17.0.